The third-order valence-corrected chi connectivity index (χ3v) is 7.74. The molecule has 5 aromatic carbocycles. The standard InChI is InChI=1S/C36H25ClF8O/c1-2-3-4-5-20-6-8-21(9-7-20)22-10-12-26(28(38)14-22)23-15-30(40)34(31(41)16-23)24-17-32(42)35(33(43)18-24)36(44,45)46-25-11-13-27(37)29(39)19-25/h6-19H,2-5H2,1H3. The van der Waals surface area contributed by atoms with E-state index in [1.165, 1.54) is 12.1 Å². The van der Waals surface area contributed by atoms with Crippen LogP contribution in [-0.4, -0.2) is 0 Å². The quantitative estimate of drug-likeness (QED) is 0.107. The highest BCUT2D eigenvalue weighted by molar-refractivity contribution is 6.30. The molecule has 0 radical (unpaired) electrons. The van der Waals surface area contributed by atoms with E-state index in [0.29, 0.717) is 23.8 Å². The number of benzene rings is 5. The lowest BCUT2D eigenvalue weighted by atomic mass is 9.95. The van der Waals surface area contributed by atoms with Crippen LogP contribution in [0, 0.1) is 34.9 Å². The van der Waals surface area contributed by atoms with Crippen LogP contribution in [0.4, 0.5) is 35.1 Å². The van der Waals surface area contributed by atoms with Crippen molar-refractivity contribution in [2.24, 2.45) is 0 Å². The summed E-state index contributed by atoms with van der Waals surface area (Å²) in [4.78, 5) is 0. The van der Waals surface area contributed by atoms with Crippen molar-refractivity contribution in [1.29, 1.82) is 0 Å². The van der Waals surface area contributed by atoms with Crippen LogP contribution in [0.2, 0.25) is 5.02 Å². The van der Waals surface area contributed by atoms with Crippen LogP contribution in [-0.2, 0) is 12.5 Å². The Kier molecular flexibility index (Phi) is 9.72. The molecule has 5 aromatic rings. The molecule has 0 saturated heterocycles. The van der Waals surface area contributed by atoms with Gasteiger partial charge in [-0.25, -0.2) is 26.3 Å². The van der Waals surface area contributed by atoms with Crippen molar-refractivity contribution in [1.82, 2.24) is 0 Å². The number of halogens is 9. The summed E-state index contributed by atoms with van der Waals surface area (Å²) in [5.74, 6) is -9.05. The zero-order valence-electron chi connectivity index (χ0n) is 24.2. The minimum Gasteiger partial charge on any atom is -0.429 e. The van der Waals surface area contributed by atoms with Crippen molar-refractivity contribution in [3.63, 3.8) is 0 Å². The van der Waals surface area contributed by atoms with Crippen LogP contribution >= 0.6 is 11.6 Å². The number of alkyl halides is 2. The first-order valence-corrected chi connectivity index (χ1v) is 14.7. The molecule has 0 amide bonds. The molecule has 10 heteroatoms. The van der Waals surface area contributed by atoms with Crippen LogP contribution in [0.5, 0.6) is 5.75 Å². The number of unbranched alkanes of at least 4 members (excludes halogenated alkanes) is 2. The maximum atomic E-state index is 15.2. The molecule has 0 aliphatic heterocycles. The number of ether oxygens (including phenoxy) is 1. The van der Waals surface area contributed by atoms with Gasteiger partial charge in [-0.2, -0.15) is 8.78 Å². The second kappa shape index (κ2) is 13.5. The van der Waals surface area contributed by atoms with Crippen molar-refractivity contribution in [2.45, 2.75) is 38.7 Å². The average Bonchev–Trinajstić information content (AvgIpc) is 2.98. The van der Waals surface area contributed by atoms with Gasteiger partial charge in [-0.3, -0.25) is 0 Å². The highest BCUT2D eigenvalue weighted by Gasteiger charge is 2.41. The fourth-order valence-corrected chi connectivity index (χ4v) is 5.23. The van der Waals surface area contributed by atoms with Gasteiger partial charge in [0, 0.05) is 11.6 Å². The van der Waals surface area contributed by atoms with Crippen LogP contribution in [0.15, 0.2) is 84.9 Å². The van der Waals surface area contributed by atoms with E-state index in [9.17, 15) is 22.0 Å². The van der Waals surface area contributed by atoms with E-state index >= 15 is 13.2 Å². The van der Waals surface area contributed by atoms with Crippen LogP contribution in [0.25, 0.3) is 33.4 Å². The molecule has 0 aromatic heterocycles. The van der Waals surface area contributed by atoms with Gasteiger partial charge < -0.3 is 4.74 Å². The van der Waals surface area contributed by atoms with E-state index in [1.54, 1.807) is 6.07 Å². The normalized spacial score (nSPS) is 11.6. The van der Waals surface area contributed by atoms with E-state index in [4.69, 9.17) is 11.6 Å². The predicted molar refractivity (Wildman–Crippen MR) is 162 cm³/mol. The molecule has 0 aliphatic rings. The summed E-state index contributed by atoms with van der Waals surface area (Å²) in [5.41, 5.74) is -1.39. The van der Waals surface area contributed by atoms with E-state index in [2.05, 4.69) is 11.7 Å². The topological polar surface area (TPSA) is 9.23 Å². The molecule has 0 N–H and O–H groups in total. The van der Waals surface area contributed by atoms with E-state index in [-0.39, 0.29) is 11.1 Å². The molecule has 5 rings (SSSR count). The average molecular weight is 661 g/mol. The zero-order valence-corrected chi connectivity index (χ0v) is 25.0. The Bertz CT molecular complexity index is 1840. The SMILES string of the molecule is CCCCCc1ccc(-c2ccc(-c3cc(F)c(-c4cc(F)c(C(F)(F)Oc5ccc(Cl)c(F)c5)c(F)c4)c(F)c3)c(F)c2)cc1. The Morgan fingerprint density at radius 3 is 1.76 bits per heavy atom. The summed E-state index contributed by atoms with van der Waals surface area (Å²) in [6.45, 7) is 2.12. The first-order valence-electron chi connectivity index (χ1n) is 14.3. The maximum absolute atomic E-state index is 15.2. The number of aryl methyl sites for hydroxylation is 1. The molecule has 1 nitrogen and oxygen atoms in total. The van der Waals surface area contributed by atoms with Crippen molar-refractivity contribution in [3.05, 3.63) is 136 Å². The summed E-state index contributed by atoms with van der Waals surface area (Å²) in [5, 5.41) is -0.397. The van der Waals surface area contributed by atoms with E-state index < -0.39 is 68.5 Å². The Morgan fingerprint density at radius 1 is 0.587 bits per heavy atom. The second-order valence-electron chi connectivity index (χ2n) is 10.7. The lowest BCUT2D eigenvalue weighted by Crippen LogP contribution is -2.25. The van der Waals surface area contributed by atoms with Gasteiger partial charge in [-0.15, -0.1) is 0 Å². The molecule has 0 aliphatic carbocycles. The smallest absolute Gasteiger partial charge is 0.429 e. The monoisotopic (exact) mass is 660 g/mol. The van der Waals surface area contributed by atoms with Crippen molar-refractivity contribution in [2.75, 3.05) is 0 Å². The van der Waals surface area contributed by atoms with Crippen molar-refractivity contribution < 1.29 is 39.9 Å². The van der Waals surface area contributed by atoms with Gasteiger partial charge in [0.25, 0.3) is 0 Å². The Balaban J connectivity index is 1.40. The molecule has 0 fully saturated rings. The molecule has 46 heavy (non-hydrogen) atoms. The number of hydrogen-bond donors (Lipinski definition) is 0. The summed E-state index contributed by atoms with van der Waals surface area (Å²) < 4.78 is 123. The molecular formula is C36H25ClF8O. The van der Waals surface area contributed by atoms with E-state index in [1.807, 2.05) is 24.3 Å². The summed E-state index contributed by atoms with van der Waals surface area (Å²) in [6, 6.07) is 16.3. The third kappa shape index (κ3) is 7.04. The molecule has 0 saturated carbocycles. The van der Waals surface area contributed by atoms with Gasteiger partial charge >= 0.3 is 6.11 Å². The second-order valence-corrected chi connectivity index (χ2v) is 11.1. The molecule has 0 heterocycles. The molecule has 0 atom stereocenters. The molecule has 0 bridgehead atoms. The maximum Gasteiger partial charge on any atom is 0.432 e. The minimum atomic E-state index is -4.64. The van der Waals surface area contributed by atoms with E-state index in [0.717, 1.165) is 61.1 Å². The Morgan fingerprint density at radius 2 is 1.17 bits per heavy atom. The zero-order chi connectivity index (χ0) is 33.2. The van der Waals surface area contributed by atoms with Gasteiger partial charge in [0.2, 0.25) is 0 Å². The number of hydrogen-bond acceptors (Lipinski definition) is 1. The molecular weight excluding hydrogens is 636 g/mol. The molecule has 238 valence electrons. The first-order chi connectivity index (χ1) is 21.9. The Labute approximate surface area is 265 Å². The first kappa shape index (κ1) is 33.0. The van der Waals surface area contributed by atoms with Crippen LogP contribution in [0.1, 0.15) is 37.3 Å². The van der Waals surface area contributed by atoms with Gasteiger partial charge in [0.05, 0.1) is 10.6 Å². The Hall–Kier alpha value is -4.37. The summed E-state index contributed by atoms with van der Waals surface area (Å²) in [7, 11) is 0. The van der Waals surface area contributed by atoms with Crippen LogP contribution in [0.3, 0.4) is 0 Å². The summed E-state index contributed by atoms with van der Waals surface area (Å²) in [6.07, 6.45) is -0.403. The van der Waals surface area contributed by atoms with Gasteiger partial charge in [-0.05, 0) is 83.1 Å². The highest BCUT2D eigenvalue weighted by Crippen LogP contribution is 2.39. The summed E-state index contributed by atoms with van der Waals surface area (Å²) >= 11 is 5.50. The fourth-order valence-electron chi connectivity index (χ4n) is 5.11. The van der Waals surface area contributed by atoms with Gasteiger partial charge in [0.15, 0.2) is 0 Å². The highest BCUT2D eigenvalue weighted by atomic mass is 35.5. The lowest BCUT2D eigenvalue weighted by molar-refractivity contribution is -0.189. The number of rotatable bonds is 10. The molecule has 0 unspecified atom stereocenters. The van der Waals surface area contributed by atoms with Crippen LogP contribution < -0.4 is 4.74 Å². The van der Waals surface area contributed by atoms with Gasteiger partial charge in [-0.1, -0.05) is 67.8 Å². The van der Waals surface area contributed by atoms with Gasteiger partial charge in [0.1, 0.15) is 46.2 Å². The molecule has 0 spiro atoms. The fraction of sp³-hybridized carbons (Fsp3) is 0.167. The van der Waals surface area contributed by atoms with Crippen molar-refractivity contribution >= 4 is 11.6 Å². The predicted octanol–water partition coefficient (Wildman–Crippen LogP) is 12.0. The third-order valence-electron chi connectivity index (χ3n) is 7.44. The largest absolute Gasteiger partial charge is 0.432 e. The lowest BCUT2D eigenvalue weighted by Gasteiger charge is -2.20. The minimum absolute atomic E-state index is 0.132. The van der Waals surface area contributed by atoms with Crippen molar-refractivity contribution in [3.8, 4) is 39.1 Å².